The molecule has 0 radical (unpaired) electrons. The number of rotatable bonds is 6. The third-order valence-electron chi connectivity index (χ3n) is 3.72. The van der Waals surface area contributed by atoms with Crippen molar-refractivity contribution in [2.75, 3.05) is 0 Å². The number of fused-ring (bicyclic) bond motifs is 1. The van der Waals surface area contributed by atoms with Gasteiger partial charge >= 0.3 is 11.7 Å². The minimum Gasteiger partial charge on any atom is -0.480 e. The number of carboxylic acids is 1. The van der Waals surface area contributed by atoms with Crippen LogP contribution in [-0.2, 0) is 16.1 Å². The molecule has 3 N–H and O–H groups in total. The number of aromatic amines is 1. The first-order valence-electron chi connectivity index (χ1n) is 7.55. The zero-order chi connectivity index (χ0) is 17.9. The minimum absolute atomic E-state index is 0.0341. The van der Waals surface area contributed by atoms with Gasteiger partial charge in [-0.15, -0.1) is 0 Å². The Kier molecular flexibility index (Phi) is 5.18. The Morgan fingerprint density at radius 1 is 1.25 bits per heavy atom. The molecule has 1 aromatic heterocycles. The number of aromatic nitrogens is 2. The molecular weight excluding hydrogens is 314 g/mol. The molecule has 1 amide bonds. The lowest BCUT2D eigenvalue weighted by Crippen LogP contribution is -2.44. The van der Waals surface area contributed by atoms with Gasteiger partial charge in [-0.2, -0.15) is 0 Å². The van der Waals surface area contributed by atoms with Gasteiger partial charge in [0.15, 0.2) is 0 Å². The molecule has 0 aliphatic carbocycles. The fourth-order valence-electron chi connectivity index (χ4n) is 2.44. The standard InChI is InChI=1S/C16H19N3O5/c1-9(2)13(15(22)23)17-12(20)7-8-19-11-6-4-3-5-10(11)14(21)18-16(19)24/h3-6,9,13H,7-8H2,1-2H3,(H,17,20)(H,22,23)(H,18,21,24)/t13-/m0/s1. The summed E-state index contributed by atoms with van der Waals surface area (Å²) in [4.78, 5) is 49.1. The molecule has 1 heterocycles. The highest BCUT2D eigenvalue weighted by Gasteiger charge is 2.23. The van der Waals surface area contributed by atoms with Crippen molar-refractivity contribution in [3.63, 3.8) is 0 Å². The number of amides is 1. The Morgan fingerprint density at radius 2 is 1.92 bits per heavy atom. The first-order valence-corrected chi connectivity index (χ1v) is 7.55. The number of carbonyl (C=O) groups excluding carboxylic acids is 1. The highest BCUT2D eigenvalue weighted by Crippen LogP contribution is 2.07. The van der Waals surface area contributed by atoms with Crippen molar-refractivity contribution >= 4 is 22.8 Å². The normalized spacial score (nSPS) is 12.3. The van der Waals surface area contributed by atoms with Gasteiger partial charge in [0.2, 0.25) is 5.91 Å². The van der Waals surface area contributed by atoms with Gasteiger partial charge in [-0.25, -0.2) is 9.59 Å². The molecular formula is C16H19N3O5. The number of aliphatic carboxylic acids is 1. The van der Waals surface area contributed by atoms with Gasteiger partial charge in [0.05, 0.1) is 10.9 Å². The van der Waals surface area contributed by atoms with Crippen LogP contribution >= 0.6 is 0 Å². The maximum atomic E-state index is 12.0. The smallest absolute Gasteiger partial charge is 0.328 e. The summed E-state index contributed by atoms with van der Waals surface area (Å²) in [6.45, 7) is 3.42. The van der Waals surface area contributed by atoms with Gasteiger partial charge < -0.3 is 10.4 Å². The summed E-state index contributed by atoms with van der Waals surface area (Å²) in [5, 5.41) is 11.9. The van der Waals surface area contributed by atoms with Gasteiger partial charge in [0, 0.05) is 13.0 Å². The Hall–Kier alpha value is -2.90. The fraction of sp³-hybridized carbons (Fsp3) is 0.375. The van der Waals surface area contributed by atoms with Crippen molar-refractivity contribution in [1.82, 2.24) is 14.9 Å². The van der Waals surface area contributed by atoms with E-state index in [9.17, 15) is 19.2 Å². The van der Waals surface area contributed by atoms with E-state index in [2.05, 4.69) is 10.3 Å². The number of nitrogens with zero attached hydrogens (tertiary/aromatic N) is 1. The monoisotopic (exact) mass is 333 g/mol. The van der Waals surface area contributed by atoms with Gasteiger partial charge in [-0.05, 0) is 18.1 Å². The molecule has 128 valence electrons. The summed E-state index contributed by atoms with van der Waals surface area (Å²) >= 11 is 0. The molecule has 1 aromatic carbocycles. The number of benzene rings is 1. The van der Waals surface area contributed by atoms with E-state index in [1.165, 1.54) is 4.57 Å². The van der Waals surface area contributed by atoms with Gasteiger partial charge in [-0.3, -0.25) is 19.1 Å². The van der Waals surface area contributed by atoms with Crippen LogP contribution in [0, 0.1) is 5.92 Å². The summed E-state index contributed by atoms with van der Waals surface area (Å²) in [5.74, 6) is -1.84. The van der Waals surface area contributed by atoms with Crippen LogP contribution in [0.5, 0.6) is 0 Å². The van der Waals surface area contributed by atoms with Gasteiger partial charge in [0.25, 0.3) is 5.56 Å². The minimum atomic E-state index is -1.11. The molecule has 24 heavy (non-hydrogen) atoms. The quantitative estimate of drug-likeness (QED) is 0.702. The largest absolute Gasteiger partial charge is 0.480 e. The van der Waals surface area contributed by atoms with E-state index in [1.54, 1.807) is 38.1 Å². The Labute approximate surface area is 137 Å². The highest BCUT2D eigenvalue weighted by molar-refractivity contribution is 5.84. The maximum absolute atomic E-state index is 12.0. The van der Waals surface area contributed by atoms with E-state index in [-0.39, 0.29) is 18.9 Å². The van der Waals surface area contributed by atoms with Crippen LogP contribution in [0.4, 0.5) is 0 Å². The zero-order valence-corrected chi connectivity index (χ0v) is 13.4. The molecule has 0 unspecified atom stereocenters. The number of nitrogens with one attached hydrogen (secondary N) is 2. The number of hydrogen-bond acceptors (Lipinski definition) is 4. The lowest BCUT2D eigenvalue weighted by Gasteiger charge is -2.18. The molecule has 0 aliphatic rings. The summed E-state index contributed by atoms with van der Waals surface area (Å²) in [6.07, 6.45) is -0.0769. The second kappa shape index (κ2) is 7.12. The molecule has 2 aromatic rings. The van der Waals surface area contributed by atoms with E-state index in [4.69, 9.17) is 5.11 Å². The average Bonchev–Trinajstić information content (AvgIpc) is 2.51. The van der Waals surface area contributed by atoms with E-state index < -0.39 is 29.2 Å². The lowest BCUT2D eigenvalue weighted by atomic mass is 10.0. The third-order valence-corrected chi connectivity index (χ3v) is 3.72. The fourth-order valence-corrected chi connectivity index (χ4v) is 2.44. The molecule has 0 fully saturated rings. The second-order valence-corrected chi connectivity index (χ2v) is 5.81. The molecule has 0 aliphatic heterocycles. The first kappa shape index (κ1) is 17.5. The first-order chi connectivity index (χ1) is 11.3. The number of carbonyl (C=O) groups is 2. The molecule has 0 saturated carbocycles. The third kappa shape index (κ3) is 3.70. The van der Waals surface area contributed by atoms with Crippen LogP contribution in [-0.4, -0.2) is 32.6 Å². The number of H-pyrrole nitrogens is 1. The van der Waals surface area contributed by atoms with Crippen molar-refractivity contribution in [3.8, 4) is 0 Å². The summed E-state index contributed by atoms with van der Waals surface area (Å²) in [6, 6.07) is 5.60. The Balaban J connectivity index is 2.20. The number of carboxylic acid groups (broad SMARTS) is 1. The van der Waals surface area contributed by atoms with Crippen molar-refractivity contribution in [2.24, 2.45) is 5.92 Å². The molecule has 0 saturated heterocycles. The summed E-state index contributed by atoms with van der Waals surface area (Å²) < 4.78 is 1.29. The predicted octanol–water partition coefficient (Wildman–Crippen LogP) is 0.305. The summed E-state index contributed by atoms with van der Waals surface area (Å²) in [7, 11) is 0. The van der Waals surface area contributed by atoms with E-state index in [0.29, 0.717) is 10.9 Å². The van der Waals surface area contributed by atoms with Gasteiger partial charge in [0.1, 0.15) is 6.04 Å². The summed E-state index contributed by atoms with van der Waals surface area (Å²) in [5.41, 5.74) is -0.662. The Bertz CT molecular complexity index is 881. The average molecular weight is 333 g/mol. The second-order valence-electron chi connectivity index (χ2n) is 5.81. The van der Waals surface area contributed by atoms with Crippen molar-refractivity contribution in [1.29, 1.82) is 0 Å². The van der Waals surface area contributed by atoms with Crippen LogP contribution < -0.4 is 16.6 Å². The van der Waals surface area contributed by atoms with Crippen LogP contribution in [0.1, 0.15) is 20.3 Å². The topological polar surface area (TPSA) is 121 Å². The lowest BCUT2D eigenvalue weighted by molar-refractivity contribution is -0.143. The number of para-hydroxylation sites is 1. The van der Waals surface area contributed by atoms with E-state index in [0.717, 1.165) is 0 Å². The van der Waals surface area contributed by atoms with Crippen molar-refractivity contribution in [3.05, 3.63) is 45.1 Å². The highest BCUT2D eigenvalue weighted by atomic mass is 16.4. The van der Waals surface area contributed by atoms with Crippen molar-refractivity contribution in [2.45, 2.75) is 32.9 Å². The van der Waals surface area contributed by atoms with Crippen LogP contribution in [0.3, 0.4) is 0 Å². The van der Waals surface area contributed by atoms with Crippen LogP contribution in [0.25, 0.3) is 10.9 Å². The van der Waals surface area contributed by atoms with E-state index >= 15 is 0 Å². The Morgan fingerprint density at radius 3 is 2.54 bits per heavy atom. The van der Waals surface area contributed by atoms with Crippen molar-refractivity contribution < 1.29 is 14.7 Å². The predicted molar refractivity (Wildman–Crippen MR) is 87.9 cm³/mol. The SMILES string of the molecule is CC(C)[C@H](NC(=O)CCn1c(=O)[nH]c(=O)c2ccccc21)C(=O)O. The van der Waals surface area contributed by atoms with E-state index in [1.807, 2.05) is 0 Å². The molecule has 2 rings (SSSR count). The molecule has 1 atom stereocenters. The zero-order valence-electron chi connectivity index (χ0n) is 13.4. The molecule has 8 nitrogen and oxygen atoms in total. The van der Waals surface area contributed by atoms with Gasteiger partial charge in [-0.1, -0.05) is 26.0 Å². The maximum Gasteiger partial charge on any atom is 0.328 e. The number of aryl methyl sites for hydroxylation is 1. The molecule has 0 spiro atoms. The number of hydrogen-bond donors (Lipinski definition) is 3. The molecule has 0 bridgehead atoms. The molecule has 8 heteroatoms. The van der Waals surface area contributed by atoms with Crippen LogP contribution in [0.15, 0.2) is 33.9 Å². The van der Waals surface area contributed by atoms with Crippen LogP contribution in [0.2, 0.25) is 0 Å².